The van der Waals surface area contributed by atoms with Crippen molar-refractivity contribution in [1.82, 2.24) is 4.90 Å². The Morgan fingerprint density at radius 3 is 2.76 bits per heavy atom. The van der Waals surface area contributed by atoms with Gasteiger partial charge in [-0.2, -0.15) is 0 Å². The fourth-order valence-electron chi connectivity index (χ4n) is 3.53. The van der Waals surface area contributed by atoms with Gasteiger partial charge in [-0.05, 0) is 74.2 Å². The average Bonchev–Trinajstić information content (AvgIpc) is 2.47. The molecule has 0 radical (unpaired) electrons. The van der Waals surface area contributed by atoms with E-state index in [1.165, 1.54) is 50.9 Å². The Kier molecular flexibility index (Phi) is 6.10. The van der Waals surface area contributed by atoms with E-state index in [0.717, 1.165) is 17.5 Å². The summed E-state index contributed by atoms with van der Waals surface area (Å²) in [7, 11) is 0. The number of nitrogens with zero attached hydrogens (tertiary/aromatic N) is 1. The lowest BCUT2D eigenvalue weighted by molar-refractivity contribution is 0.136. The molecule has 0 aliphatic carbocycles. The predicted molar refractivity (Wildman–Crippen MR) is 92.5 cm³/mol. The van der Waals surface area contributed by atoms with E-state index >= 15 is 0 Å². The number of likely N-dealkylation sites (tertiary alicyclic amines) is 1. The van der Waals surface area contributed by atoms with Crippen LogP contribution in [0.25, 0.3) is 0 Å². The van der Waals surface area contributed by atoms with Gasteiger partial charge in [0.05, 0.1) is 0 Å². The number of rotatable bonds is 6. The van der Waals surface area contributed by atoms with Crippen LogP contribution in [0, 0.1) is 11.8 Å². The van der Waals surface area contributed by atoms with Crippen molar-refractivity contribution in [2.24, 2.45) is 11.8 Å². The molecule has 21 heavy (non-hydrogen) atoms. The largest absolute Gasteiger partial charge is 0.399 e. The van der Waals surface area contributed by atoms with Crippen LogP contribution in [0.3, 0.4) is 0 Å². The summed E-state index contributed by atoms with van der Waals surface area (Å²) in [5.41, 5.74) is 8.22. The molecule has 0 bridgehead atoms. The highest BCUT2D eigenvalue weighted by Gasteiger charge is 2.22. The standard InChI is InChI=1S/C19H32N2/c1-4-17(18-7-5-9-19(20)13-18)8-6-11-21-12-10-15(2)16(3)14-21/h5,7,9,13,15-17H,4,6,8,10-12,14,20H2,1-3H3. The maximum atomic E-state index is 5.92. The number of benzene rings is 1. The molecule has 0 spiro atoms. The van der Waals surface area contributed by atoms with Crippen molar-refractivity contribution in [1.29, 1.82) is 0 Å². The zero-order chi connectivity index (χ0) is 15.2. The zero-order valence-corrected chi connectivity index (χ0v) is 14.0. The van der Waals surface area contributed by atoms with Crippen LogP contribution in [0.5, 0.6) is 0 Å². The number of nitrogen functional groups attached to an aromatic ring is 1. The van der Waals surface area contributed by atoms with Crippen LogP contribution in [0.15, 0.2) is 24.3 Å². The van der Waals surface area contributed by atoms with Crippen molar-refractivity contribution in [3.05, 3.63) is 29.8 Å². The Morgan fingerprint density at radius 2 is 2.10 bits per heavy atom. The molecule has 2 heteroatoms. The van der Waals surface area contributed by atoms with E-state index in [2.05, 4.69) is 43.9 Å². The highest BCUT2D eigenvalue weighted by molar-refractivity contribution is 5.41. The van der Waals surface area contributed by atoms with Crippen molar-refractivity contribution in [3.63, 3.8) is 0 Å². The topological polar surface area (TPSA) is 29.3 Å². The molecule has 1 saturated heterocycles. The summed E-state index contributed by atoms with van der Waals surface area (Å²) in [6, 6.07) is 8.45. The first-order chi connectivity index (χ1) is 10.1. The van der Waals surface area contributed by atoms with E-state index in [1.54, 1.807) is 0 Å². The van der Waals surface area contributed by atoms with Crippen LogP contribution < -0.4 is 5.73 Å². The van der Waals surface area contributed by atoms with Crippen molar-refractivity contribution < 1.29 is 0 Å². The Hall–Kier alpha value is -1.02. The number of anilines is 1. The quantitative estimate of drug-likeness (QED) is 0.780. The monoisotopic (exact) mass is 288 g/mol. The van der Waals surface area contributed by atoms with E-state index in [0.29, 0.717) is 5.92 Å². The van der Waals surface area contributed by atoms with Crippen molar-refractivity contribution >= 4 is 5.69 Å². The predicted octanol–water partition coefficient (Wildman–Crippen LogP) is 4.52. The van der Waals surface area contributed by atoms with Crippen LogP contribution in [0.1, 0.15) is 57.9 Å². The first kappa shape index (κ1) is 16.4. The second-order valence-corrected chi connectivity index (χ2v) is 6.96. The van der Waals surface area contributed by atoms with Gasteiger partial charge in [-0.15, -0.1) is 0 Å². The zero-order valence-electron chi connectivity index (χ0n) is 14.0. The first-order valence-electron chi connectivity index (χ1n) is 8.68. The molecule has 0 amide bonds. The number of hydrogen-bond acceptors (Lipinski definition) is 2. The van der Waals surface area contributed by atoms with Gasteiger partial charge in [0.25, 0.3) is 0 Å². The van der Waals surface area contributed by atoms with Crippen LogP contribution in [0.4, 0.5) is 5.69 Å². The summed E-state index contributed by atoms with van der Waals surface area (Å²) in [6.07, 6.45) is 5.15. The second kappa shape index (κ2) is 7.84. The van der Waals surface area contributed by atoms with Crippen molar-refractivity contribution in [2.75, 3.05) is 25.4 Å². The summed E-state index contributed by atoms with van der Waals surface area (Å²) < 4.78 is 0. The van der Waals surface area contributed by atoms with E-state index in [1.807, 2.05) is 6.07 Å². The van der Waals surface area contributed by atoms with E-state index in [4.69, 9.17) is 5.73 Å². The molecule has 1 fully saturated rings. The summed E-state index contributed by atoms with van der Waals surface area (Å²) in [5, 5.41) is 0. The minimum absolute atomic E-state index is 0.662. The molecule has 3 atom stereocenters. The summed E-state index contributed by atoms with van der Waals surface area (Å²) in [6.45, 7) is 10.9. The molecule has 2 N–H and O–H groups in total. The van der Waals surface area contributed by atoms with Gasteiger partial charge < -0.3 is 10.6 Å². The van der Waals surface area contributed by atoms with Gasteiger partial charge in [-0.25, -0.2) is 0 Å². The van der Waals surface area contributed by atoms with E-state index in [-0.39, 0.29) is 0 Å². The van der Waals surface area contributed by atoms with Crippen LogP contribution in [0.2, 0.25) is 0 Å². The Morgan fingerprint density at radius 1 is 1.29 bits per heavy atom. The third kappa shape index (κ3) is 4.74. The molecule has 1 aliphatic rings. The molecule has 2 nitrogen and oxygen atoms in total. The van der Waals surface area contributed by atoms with Gasteiger partial charge in [0.15, 0.2) is 0 Å². The summed E-state index contributed by atoms with van der Waals surface area (Å²) >= 11 is 0. The fraction of sp³-hybridized carbons (Fsp3) is 0.684. The van der Waals surface area contributed by atoms with Gasteiger partial charge >= 0.3 is 0 Å². The van der Waals surface area contributed by atoms with E-state index < -0.39 is 0 Å². The van der Waals surface area contributed by atoms with Gasteiger partial charge in [-0.1, -0.05) is 32.9 Å². The number of piperidine rings is 1. The van der Waals surface area contributed by atoms with E-state index in [9.17, 15) is 0 Å². The highest BCUT2D eigenvalue weighted by Crippen LogP contribution is 2.27. The first-order valence-corrected chi connectivity index (χ1v) is 8.68. The molecule has 0 saturated carbocycles. The Bertz CT molecular complexity index is 429. The van der Waals surface area contributed by atoms with Crippen molar-refractivity contribution in [2.45, 2.75) is 52.4 Å². The fourth-order valence-corrected chi connectivity index (χ4v) is 3.53. The lowest BCUT2D eigenvalue weighted by Crippen LogP contribution is -2.38. The molecule has 1 heterocycles. The lowest BCUT2D eigenvalue weighted by atomic mass is 9.88. The number of nitrogens with two attached hydrogens (primary N) is 1. The smallest absolute Gasteiger partial charge is 0.0316 e. The molecule has 3 unspecified atom stereocenters. The molecule has 2 rings (SSSR count). The molecular weight excluding hydrogens is 256 g/mol. The SMILES string of the molecule is CCC(CCCN1CCC(C)C(C)C1)c1cccc(N)c1. The summed E-state index contributed by atoms with van der Waals surface area (Å²) in [5.74, 6) is 2.42. The maximum absolute atomic E-state index is 5.92. The van der Waals surface area contributed by atoms with Gasteiger partial charge in [-0.3, -0.25) is 0 Å². The lowest BCUT2D eigenvalue weighted by Gasteiger charge is -2.35. The van der Waals surface area contributed by atoms with Crippen molar-refractivity contribution in [3.8, 4) is 0 Å². The van der Waals surface area contributed by atoms with Crippen LogP contribution >= 0.6 is 0 Å². The average molecular weight is 288 g/mol. The molecule has 1 aromatic rings. The Balaban J connectivity index is 1.79. The second-order valence-electron chi connectivity index (χ2n) is 6.96. The highest BCUT2D eigenvalue weighted by atomic mass is 15.1. The van der Waals surface area contributed by atoms with Crippen LogP contribution in [-0.2, 0) is 0 Å². The van der Waals surface area contributed by atoms with Crippen LogP contribution in [-0.4, -0.2) is 24.5 Å². The molecule has 118 valence electrons. The normalized spacial score (nSPS) is 24.9. The molecule has 1 aliphatic heterocycles. The Labute approximate surface area is 130 Å². The third-order valence-corrected chi connectivity index (χ3v) is 5.32. The number of hydrogen-bond donors (Lipinski definition) is 1. The molecule has 0 aromatic heterocycles. The molecular formula is C19H32N2. The van der Waals surface area contributed by atoms with Gasteiger partial charge in [0.1, 0.15) is 0 Å². The minimum Gasteiger partial charge on any atom is -0.399 e. The molecule has 1 aromatic carbocycles. The van der Waals surface area contributed by atoms with Gasteiger partial charge in [0, 0.05) is 12.2 Å². The third-order valence-electron chi connectivity index (χ3n) is 5.32. The minimum atomic E-state index is 0.662. The van der Waals surface area contributed by atoms with Gasteiger partial charge in [0.2, 0.25) is 0 Å². The summed E-state index contributed by atoms with van der Waals surface area (Å²) in [4.78, 5) is 2.66. The maximum Gasteiger partial charge on any atom is 0.0316 e.